The minimum absolute atomic E-state index is 0.162. The monoisotopic (exact) mass is 408 g/mol. The van der Waals surface area contributed by atoms with Crippen LogP contribution in [0.2, 0.25) is 0 Å². The van der Waals surface area contributed by atoms with Crippen molar-refractivity contribution >= 4 is 0 Å². The van der Waals surface area contributed by atoms with E-state index in [2.05, 4.69) is 72.8 Å². The van der Waals surface area contributed by atoms with E-state index in [1.165, 1.54) is 29.0 Å². The molecule has 0 aliphatic carbocycles. The number of aromatic nitrogens is 1. The zero-order valence-electron chi connectivity index (χ0n) is 18.6. The molecule has 3 rings (SSSR count). The molecule has 1 heterocycles. The number of benzene rings is 2. The average molecular weight is 409 g/mol. The standard InChI is InChI=1S/C26H33FN2O/c1-26(2,3)23-11-7-21(8-12-23)18-28(16-17-30-4)20-25-6-5-15-29(25)19-22-9-13-24(27)14-10-22/h5-15H,16-20H2,1-4H3. The Bertz CT molecular complexity index is 907. The summed E-state index contributed by atoms with van der Waals surface area (Å²) in [5.41, 5.74) is 5.14. The van der Waals surface area contributed by atoms with Crippen LogP contribution >= 0.6 is 0 Å². The van der Waals surface area contributed by atoms with Gasteiger partial charge in [-0.15, -0.1) is 0 Å². The molecule has 30 heavy (non-hydrogen) atoms. The number of rotatable bonds is 9. The molecule has 0 unspecified atom stereocenters. The van der Waals surface area contributed by atoms with E-state index >= 15 is 0 Å². The molecule has 2 aromatic carbocycles. The molecule has 3 nitrogen and oxygen atoms in total. The number of methoxy groups -OCH3 is 1. The molecule has 0 radical (unpaired) electrons. The second-order valence-electron chi connectivity index (χ2n) is 8.90. The second-order valence-corrected chi connectivity index (χ2v) is 8.90. The first-order chi connectivity index (χ1) is 14.3. The van der Waals surface area contributed by atoms with Crippen molar-refractivity contribution in [1.82, 2.24) is 9.47 Å². The summed E-state index contributed by atoms with van der Waals surface area (Å²) in [7, 11) is 1.74. The highest BCUT2D eigenvalue weighted by Gasteiger charge is 2.14. The zero-order valence-corrected chi connectivity index (χ0v) is 18.6. The van der Waals surface area contributed by atoms with Crippen LogP contribution in [0.1, 0.15) is 43.2 Å². The lowest BCUT2D eigenvalue weighted by Crippen LogP contribution is -2.28. The molecule has 0 saturated carbocycles. The summed E-state index contributed by atoms with van der Waals surface area (Å²) in [5.74, 6) is -0.199. The molecule has 0 fully saturated rings. The van der Waals surface area contributed by atoms with E-state index in [-0.39, 0.29) is 11.2 Å². The minimum Gasteiger partial charge on any atom is -0.383 e. The second kappa shape index (κ2) is 10.1. The lowest BCUT2D eigenvalue weighted by molar-refractivity contribution is 0.138. The van der Waals surface area contributed by atoms with Gasteiger partial charge in [-0.1, -0.05) is 57.2 Å². The van der Waals surface area contributed by atoms with Crippen molar-refractivity contribution < 1.29 is 9.13 Å². The minimum atomic E-state index is -0.199. The van der Waals surface area contributed by atoms with Gasteiger partial charge in [0.05, 0.1) is 6.61 Å². The van der Waals surface area contributed by atoms with Crippen molar-refractivity contribution in [3.63, 3.8) is 0 Å². The van der Waals surface area contributed by atoms with E-state index < -0.39 is 0 Å². The van der Waals surface area contributed by atoms with E-state index in [1.807, 2.05) is 12.1 Å². The van der Waals surface area contributed by atoms with Crippen LogP contribution in [0, 0.1) is 5.82 Å². The highest BCUT2D eigenvalue weighted by atomic mass is 19.1. The molecule has 0 bridgehead atoms. The summed E-state index contributed by atoms with van der Waals surface area (Å²) in [6, 6.07) is 19.9. The number of halogens is 1. The largest absolute Gasteiger partial charge is 0.383 e. The van der Waals surface area contributed by atoms with Gasteiger partial charge in [-0.2, -0.15) is 0 Å². The maximum absolute atomic E-state index is 13.2. The first kappa shape index (κ1) is 22.3. The predicted molar refractivity (Wildman–Crippen MR) is 121 cm³/mol. The Morgan fingerprint density at radius 1 is 0.900 bits per heavy atom. The average Bonchev–Trinajstić information content (AvgIpc) is 3.14. The van der Waals surface area contributed by atoms with Crippen LogP contribution in [-0.4, -0.2) is 29.7 Å². The summed E-state index contributed by atoms with van der Waals surface area (Å²) in [4.78, 5) is 2.41. The molecule has 0 N–H and O–H groups in total. The number of ether oxygens (including phenoxy) is 1. The number of nitrogens with zero attached hydrogens (tertiary/aromatic N) is 2. The van der Waals surface area contributed by atoms with Crippen LogP contribution in [0.5, 0.6) is 0 Å². The van der Waals surface area contributed by atoms with Gasteiger partial charge in [-0.25, -0.2) is 4.39 Å². The molecular weight excluding hydrogens is 375 g/mol. The zero-order chi connectivity index (χ0) is 21.6. The van der Waals surface area contributed by atoms with Crippen molar-refractivity contribution in [3.05, 3.63) is 95.1 Å². The van der Waals surface area contributed by atoms with Crippen molar-refractivity contribution in [2.24, 2.45) is 0 Å². The highest BCUT2D eigenvalue weighted by molar-refractivity contribution is 5.27. The van der Waals surface area contributed by atoms with Gasteiger partial charge in [0.15, 0.2) is 0 Å². The summed E-state index contributed by atoms with van der Waals surface area (Å²) in [5, 5.41) is 0. The topological polar surface area (TPSA) is 17.4 Å². The van der Waals surface area contributed by atoms with E-state index in [1.54, 1.807) is 7.11 Å². The van der Waals surface area contributed by atoms with Crippen LogP contribution in [0.4, 0.5) is 4.39 Å². The fourth-order valence-electron chi connectivity index (χ4n) is 3.57. The van der Waals surface area contributed by atoms with Gasteiger partial charge in [0, 0.05) is 45.2 Å². The molecule has 0 saturated heterocycles. The van der Waals surface area contributed by atoms with Gasteiger partial charge in [0.25, 0.3) is 0 Å². The van der Waals surface area contributed by atoms with Crippen LogP contribution in [0.15, 0.2) is 66.9 Å². The fraction of sp³-hybridized carbons (Fsp3) is 0.385. The Morgan fingerprint density at radius 3 is 2.20 bits per heavy atom. The summed E-state index contributed by atoms with van der Waals surface area (Å²) < 4.78 is 20.8. The van der Waals surface area contributed by atoms with E-state index in [0.717, 1.165) is 31.7 Å². The normalized spacial score (nSPS) is 11.9. The number of hydrogen-bond acceptors (Lipinski definition) is 2. The molecule has 0 aliphatic rings. The van der Waals surface area contributed by atoms with E-state index in [4.69, 9.17) is 4.74 Å². The molecule has 3 aromatic rings. The maximum Gasteiger partial charge on any atom is 0.123 e. The first-order valence-corrected chi connectivity index (χ1v) is 10.5. The Kier molecular flexibility index (Phi) is 7.46. The molecule has 0 aliphatic heterocycles. The quantitative estimate of drug-likeness (QED) is 0.457. The van der Waals surface area contributed by atoms with Crippen molar-refractivity contribution in [3.8, 4) is 0 Å². The van der Waals surface area contributed by atoms with Crippen LogP contribution in [0.3, 0.4) is 0 Å². The van der Waals surface area contributed by atoms with E-state index in [9.17, 15) is 4.39 Å². The smallest absolute Gasteiger partial charge is 0.123 e. The van der Waals surface area contributed by atoms with Crippen molar-refractivity contribution in [2.75, 3.05) is 20.3 Å². The fourth-order valence-corrected chi connectivity index (χ4v) is 3.57. The predicted octanol–water partition coefficient (Wildman–Crippen LogP) is 5.62. The number of hydrogen-bond donors (Lipinski definition) is 0. The van der Waals surface area contributed by atoms with Crippen LogP contribution in [0.25, 0.3) is 0 Å². The maximum atomic E-state index is 13.2. The summed E-state index contributed by atoms with van der Waals surface area (Å²) in [6.45, 7) is 10.7. The molecule has 4 heteroatoms. The highest BCUT2D eigenvalue weighted by Crippen LogP contribution is 2.23. The van der Waals surface area contributed by atoms with Gasteiger partial charge in [-0.3, -0.25) is 4.90 Å². The third-order valence-electron chi connectivity index (χ3n) is 5.41. The Morgan fingerprint density at radius 2 is 1.57 bits per heavy atom. The molecule has 0 spiro atoms. The Hall–Kier alpha value is -2.43. The van der Waals surface area contributed by atoms with Crippen LogP contribution < -0.4 is 0 Å². The molecule has 1 aromatic heterocycles. The Balaban J connectivity index is 1.71. The molecular formula is C26H33FN2O. The SMILES string of the molecule is COCCN(Cc1ccc(C(C)(C)C)cc1)Cc1cccn1Cc1ccc(F)cc1. The molecule has 0 atom stereocenters. The van der Waals surface area contributed by atoms with Gasteiger partial charge in [0.1, 0.15) is 5.82 Å². The summed E-state index contributed by atoms with van der Waals surface area (Å²) >= 11 is 0. The third-order valence-corrected chi connectivity index (χ3v) is 5.41. The summed E-state index contributed by atoms with van der Waals surface area (Å²) in [6.07, 6.45) is 2.09. The Labute approximate surface area is 180 Å². The lowest BCUT2D eigenvalue weighted by Gasteiger charge is -2.24. The first-order valence-electron chi connectivity index (χ1n) is 10.5. The van der Waals surface area contributed by atoms with Crippen molar-refractivity contribution in [1.29, 1.82) is 0 Å². The van der Waals surface area contributed by atoms with Gasteiger partial charge < -0.3 is 9.30 Å². The van der Waals surface area contributed by atoms with Gasteiger partial charge >= 0.3 is 0 Å². The van der Waals surface area contributed by atoms with Crippen molar-refractivity contribution in [2.45, 2.75) is 45.8 Å². The van der Waals surface area contributed by atoms with Crippen LogP contribution in [-0.2, 0) is 29.8 Å². The third kappa shape index (κ3) is 6.28. The lowest BCUT2D eigenvalue weighted by atomic mass is 9.87. The van der Waals surface area contributed by atoms with E-state index in [0.29, 0.717) is 6.61 Å². The van der Waals surface area contributed by atoms with Gasteiger partial charge in [-0.05, 0) is 46.4 Å². The molecule has 160 valence electrons. The molecule has 0 amide bonds. The van der Waals surface area contributed by atoms with Gasteiger partial charge in [0.2, 0.25) is 0 Å².